The number of hydrogen-bond donors (Lipinski definition) is 2. The first-order valence-electron chi connectivity index (χ1n) is 28.1. The Balaban J connectivity index is 4.82. The van der Waals surface area contributed by atoms with Crippen LogP contribution in [0.4, 0.5) is 0 Å². The first kappa shape index (κ1) is 68.4. The molecule has 0 fully saturated rings. The lowest BCUT2D eigenvalue weighted by Gasteiger charge is -2.21. The lowest BCUT2D eigenvalue weighted by molar-refractivity contribution is -0.161. The molecule has 72 heavy (non-hydrogen) atoms. The van der Waals surface area contributed by atoms with Gasteiger partial charge in [-0.1, -0.05) is 182 Å². The predicted octanol–water partition coefficient (Wildman–Crippen LogP) is 16.5. The van der Waals surface area contributed by atoms with Gasteiger partial charge in [0.2, 0.25) is 0 Å². The van der Waals surface area contributed by atoms with Gasteiger partial charge in [0.1, 0.15) is 12.7 Å². The summed E-state index contributed by atoms with van der Waals surface area (Å²) < 4.78 is 39.4. The minimum atomic E-state index is -4.77. The molecule has 0 amide bonds. The molecule has 0 radical (unpaired) electrons. The van der Waals surface area contributed by atoms with E-state index in [2.05, 4.69) is 118 Å². The largest absolute Gasteiger partial charge is 0.472 e. The fourth-order valence-electron chi connectivity index (χ4n) is 7.17. The second-order valence-corrected chi connectivity index (χ2v) is 19.8. The molecule has 0 spiro atoms. The van der Waals surface area contributed by atoms with Crippen molar-refractivity contribution in [2.24, 2.45) is 0 Å². The van der Waals surface area contributed by atoms with E-state index in [9.17, 15) is 28.9 Å². The van der Waals surface area contributed by atoms with Crippen molar-refractivity contribution in [2.45, 2.75) is 238 Å². The van der Waals surface area contributed by atoms with Crippen LogP contribution in [-0.4, -0.2) is 66.5 Å². The molecule has 0 rings (SSSR count). The second kappa shape index (κ2) is 53.7. The van der Waals surface area contributed by atoms with Crippen molar-refractivity contribution in [1.29, 1.82) is 0 Å². The minimum Gasteiger partial charge on any atom is -0.462 e. The van der Waals surface area contributed by atoms with Gasteiger partial charge in [-0.25, -0.2) is 4.57 Å². The van der Waals surface area contributed by atoms with E-state index < -0.39 is 57.8 Å². The van der Waals surface area contributed by atoms with Gasteiger partial charge >= 0.3 is 25.7 Å². The van der Waals surface area contributed by atoms with Gasteiger partial charge in [0.05, 0.1) is 19.8 Å². The first-order chi connectivity index (χ1) is 35.2. The zero-order valence-electron chi connectivity index (χ0n) is 45.4. The molecule has 0 aromatic carbocycles. The lowest BCUT2D eigenvalue weighted by atomic mass is 10.1. The van der Waals surface area contributed by atoms with Crippen LogP contribution < -0.4 is 0 Å². The van der Waals surface area contributed by atoms with Gasteiger partial charge in [0.15, 0.2) is 6.10 Å². The number of unbranched alkanes of at least 4 members (excludes halogenated alkanes) is 18. The molecule has 0 heterocycles. The molecule has 3 unspecified atom stereocenters. The summed E-state index contributed by atoms with van der Waals surface area (Å²) in [4.78, 5) is 48.5. The van der Waals surface area contributed by atoms with E-state index in [-0.39, 0.29) is 25.9 Å². The topological polar surface area (TPSA) is 155 Å². The first-order valence-corrected chi connectivity index (χ1v) is 29.6. The molecular formula is C60H101O11P. The number of phosphoric acid groups is 1. The van der Waals surface area contributed by atoms with Crippen molar-refractivity contribution >= 4 is 25.7 Å². The highest BCUT2D eigenvalue weighted by Gasteiger charge is 2.28. The molecule has 12 heteroatoms. The van der Waals surface area contributed by atoms with Crippen molar-refractivity contribution in [3.8, 4) is 0 Å². The number of phosphoric ester groups is 1. The zero-order valence-corrected chi connectivity index (χ0v) is 46.3. The van der Waals surface area contributed by atoms with Gasteiger partial charge in [-0.2, -0.15) is 0 Å². The maximum absolute atomic E-state index is 12.9. The van der Waals surface area contributed by atoms with Crippen LogP contribution in [-0.2, 0) is 42.2 Å². The number of ether oxygens (including phenoxy) is 3. The van der Waals surface area contributed by atoms with E-state index in [4.69, 9.17) is 23.3 Å². The summed E-state index contributed by atoms with van der Waals surface area (Å²) in [5.74, 6) is -1.55. The quantitative estimate of drug-likeness (QED) is 0.0197. The molecule has 3 atom stereocenters. The van der Waals surface area contributed by atoms with Crippen LogP contribution in [0.25, 0.3) is 0 Å². The van der Waals surface area contributed by atoms with Crippen molar-refractivity contribution < 1.29 is 52.2 Å². The maximum Gasteiger partial charge on any atom is 0.472 e. The SMILES string of the molecule is CC/C=C\C/C=C\C/C=C\C/C=C\CCCCC(=O)OCC(COP(=O)(O)OCC(CO)OC(=O)CCCCCCC/C=C\C/C=C\CCCCC)OC(=O)CCCCCCC/C=C\C/C=C\CCCCC. The summed E-state index contributed by atoms with van der Waals surface area (Å²) in [5, 5.41) is 9.80. The van der Waals surface area contributed by atoms with Crippen LogP contribution >= 0.6 is 7.82 Å². The fourth-order valence-corrected chi connectivity index (χ4v) is 7.95. The Bertz CT molecular complexity index is 1580. The Morgan fingerprint density at radius 2 is 0.722 bits per heavy atom. The smallest absolute Gasteiger partial charge is 0.462 e. The highest BCUT2D eigenvalue weighted by Crippen LogP contribution is 2.43. The van der Waals surface area contributed by atoms with Crippen molar-refractivity contribution in [2.75, 3.05) is 26.4 Å². The molecule has 11 nitrogen and oxygen atoms in total. The van der Waals surface area contributed by atoms with Gasteiger partial charge in [-0.05, 0) is 122 Å². The van der Waals surface area contributed by atoms with E-state index in [1.807, 2.05) is 0 Å². The van der Waals surface area contributed by atoms with E-state index >= 15 is 0 Å². The van der Waals surface area contributed by atoms with Crippen LogP contribution in [0.2, 0.25) is 0 Å². The normalized spacial score (nSPS) is 14.1. The Morgan fingerprint density at radius 1 is 0.403 bits per heavy atom. The number of aliphatic hydroxyl groups excluding tert-OH is 1. The number of carbonyl (C=O) groups is 3. The third kappa shape index (κ3) is 51.3. The summed E-state index contributed by atoms with van der Waals surface area (Å²) in [5.41, 5.74) is 0. The Kier molecular flexibility index (Phi) is 51.0. The Morgan fingerprint density at radius 3 is 1.14 bits per heavy atom. The highest BCUT2D eigenvalue weighted by molar-refractivity contribution is 7.47. The van der Waals surface area contributed by atoms with Gasteiger partial charge < -0.3 is 24.2 Å². The monoisotopic (exact) mass is 1030 g/mol. The number of rotatable bonds is 51. The number of aliphatic hydroxyl groups is 1. The molecule has 2 N–H and O–H groups in total. The van der Waals surface area contributed by atoms with Crippen molar-refractivity contribution in [3.63, 3.8) is 0 Å². The van der Waals surface area contributed by atoms with Crippen molar-refractivity contribution in [3.05, 3.63) is 97.2 Å². The van der Waals surface area contributed by atoms with Crippen LogP contribution in [0.3, 0.4) is 0 Å². The molecule has 0 saturated carbocycles. The van der Waals surface area contributed by atoms with Gasteiger partial charge in [-0.3, -0.25) is 23.4 Å². The van der Waals surface area contributed by atoms with Crippen LogP contribution in [0, 0.1) is 0 Å². The number of carbonyl (C=O) groups excluding carboxylic acids is 3. The highest BCUT2D eigenvalue weighted by atomic mass is 31.2. The zero-order chi connectivity index (χ0) is 52.7. The second-order valence-electron chi connectivity index (χ2n) is 18.4. The molecular weight excluding hydrogens is 928 g/mol. The summed E-state index contributed by atoms with van der Waals surface area (Å²) in [6, 6.07) is 0. The standard InChI is InChI=1S/C60H101O11P/c1-4-7-10-13-16-19-22-25-28-31-34-37-40-43-46-49-58(62)67-53-57(71-60(64)51-48-45-42-39-36-33-30-27-24-21-18-15-12-9-6-3)55-69-72(65,66)68-54-56(52-61)70-59(63)50-47-44-41-38-35-32-29-26-23-20-17-14-11-8-5-2/h7,10,16-21,25-30,34,37,56-57,61H,4-6,8-9,11-15,22-24,31-33,35-36,38-55H2,1-3H3,(H,65,66)/b10-7-,19-16-,20-17-,21-18-,28-25-,29-26-,30-27-,37-34-. The maximum atomic E-state index is 12.9. The van der Waals surface area contributed by atoms with Gasteiger partial charge in [-0.15, -0.1) is 0 Å². The molecule has 0 aromatic heterocycles. The van der Waals surface area contributed by atoms with Gasteiger partial charge in [0.25, 0.3) is 0 Å². The molecule has 412 valence electrons. The molecule has 0 aromatic rings. The number of allylic oxidation sites excluding steroid dienone is 16. The fraction of sp³-hybridized carbons (Fsp3) is 0.683. The van der Waals surface area contributed by atoms with Crippen LogP contribution in [0.5, 0.6) is 0 Å². The average molecular weight is 1030 g/mol. The number of hydrogen-bond acceptors (Lipinski definition) is 10. The Hall–Kier alpha value is -3.60. The van der Waals surface area contributed by atoms with Crippen LogP contribution in [0.15, 0.2) is 97.2 Å². The summed E-state index contributed by atoms with van der Waals surface area (Å²) >= 11 is 0. The third-order valence-electron chi connectivity index (χ3n) is 11.5. The van der Waals surface area contributed by atoms with E-state index in [1.54, 1.807) is 0 Å². The van der Waals surface area contributed by atoms with Crippen LogP contribution in [0.1, 0.15) is 226 Å². The van der Waals surface area contributed by atoms with E-state index in [1.165, 1.54) is 38.5 Å². The molecule has 0 saturated heterocycles. The third-order valence-corrected chi connectivity index (χ3v) is 12.4. The molecule has 0 aliphatic rings. The summed E-state index contributed by atoms with van der Waals surface area (Å²) in [6.45, 7) is 4.39. The Labute approximate surface area is 438 Å². The summed E-state index contributed by atoms with van der Waals surface area (Å²) in [7, 11) is -4.77. The van der Waals surface area contributed by atoms with E-state index in [0.29, 0.717) is 19.3 Å². The van der Waals surface area contributed by atoms with Crippen molar-refractivity contribution in [1.82, 2.24) is 0 Å². The summed E-state index contributed by atoms with van der Waals surface area (Å²) in [6.07, 6.45) is 62.2. The molecule has 0 aliphatic heterocycles. The molecule has 0 bridgehead atoms. The van der Waals surface area contributed by atoms with Gasteiger partial charge in [0, 0.05) is 19.3 Å². The minimum absolute atomic E-state index is 0.137. The van der Waals surface area contributed by atoms with E-state index in [0.717, 1.165) is 128 Å². The predicted molar refractivity (Wildman–Crippen MR) is 297 cm³/mol. The number of esters is 3. The lowest BCUT2D eigenvalue weighted by Crippen LogP contribution is -2.30. The average Bonchev–Trinajstić information content (AvgIpc) is 3.37. The molecule has 0 aliphatic carbocycles.